The molecular weight excluding hydrogens is 346 g/mol. The van der Waals surface area contributed by atoms with Gasteiger partial charge in [0.25, 0.3) is 5.91 Å². The Kier molecular flexibility index (Phi) is 5.40. The lowest BCUT2D eigenvalue weighted by Gasteiger charge is -2.32. The zero-order valence-corrected chi connectivity index (χ0v) is 15.2. The Hall–Kier alpha value is -3.35. The first-order valence-electron chi connectivity index (χ1n) is 8.68. The fourth-order valence-corrected chi connectivity index (χ4v) is 2.87. The molecule has 2 N–H and O–H groups in total. The third kappa shape index (κ3) is 4.44. The number of nitrogens with zero attached hydrogens (tertiary/aromatic N) is 1. The maximum atomic E-state index is 12.4. The summed E-state index contributed by atoms with van der Waals surface area (Å²) in [5, 5.41) is 5.46. The summed E-state index contributed by atoms with van der Waals surface area (Å²) in [6, 6.07) is 14.1. The largest absolute Gasteiger partial charge is 0.479 e. The highest BCUT2D eigenvalue weighted by Gasteiger charge is 2.31. The van der Waals surface area contributed by atoms with Gasteiger partial charge in [-0.15, -0.1) is 0 Å². The van der Waals surface area contributed by atoms with Gasteiger partial charge in [-0.1, -0.05) is 12.1 Å². The Morgan fingerprint density at radius 3 is 2.33 bits per heavy atom. The Balaban J connectivity index is 1.60. The Morgan fingerprint density at radius 1 is 1.04 bits per heavy atom. The summed E-state index contributed by atoms with van der Waals surface area (Å²) >= 11 is 0. The summed E-state index contributed by atoms with van der Waals surface area (Å²) < 4.78 is 5.59. The van der Waals surface area contributed by atoms with Gasteiger partial charge in [0.15, 0.2) is 6.10 Å². The number of hydrogen-bond acceptors (Lipinski definition) is 4. The number of ether oxygens (including phenoxy) is 1. The van der Waals surface area contributed by atoms with E-state index in [4.69, 9.17) is 4.74 Å². The summed E-state index contributed by atoms with van der Waals surface area (Å²) in [6.45, 7) is 3.39. The van der Waals surface area contributed by atoms with Crippen molar-refractivity contribution in [3.8, 4) is 5.75 Å². The molecule has 3 amide bonds. The number of anilines is 3. The molecule has 7 heteroatoms. The van der Waals surface area contributed by atoms with Crippen molar-refractivity contribution in [2.24, 2.45) is 0 Å². The molecule has 140 valence electrons. The Labute approximate surface area is 157 Å². The predicted molar refractivity (Wildman–Crippen MR) is 103 cm³/mol. The fourth-order valence-electron chi connectivity index (χ4n) is 2.87. The fraction of sp³-hybridized carbons (Fsp3) is 0.250. The molecule has 0 bridgehead atoms. The first-order valence-corrected chi connectivity index (χ1v) is 8.68. The average molecular weight is 367 g/mol. The van der Waals surface area contributed by atoms with Crippen LogP contribution in [0.5, 0.6) is 5.75 Å². The van der Waals surface area contributed by atoms with Crippen LogP contribution in [-0.2, 0) is 14.4 Å². The highest BCUT2D eigenvalue weighted by molar-refractivity contribution is 6.01. The second-order valence-electron chi connectivity index (χ2n) is 6.27. The number of carbonyl (C=O) groups is 3. The molecule has 1 unspecified atom stereocenters. The SMILES string of the molecule is CC(=O)Nc1ccc(NC(=O)CCN2C(=O)C(C)Oc3ccccc32)cc1. The van der Waals surface area contributed by atoms with E-state index >= 15 is 0 Å². The molecule has 2 aromatic carbocycles. The normalized spacial score (nSPS) is 15.6. The minimum Gasteiger partial charge on any atom is -0.479 e. The minimum absolute atomic E-state index is 0.153. The van der Waals surface area contributed by atoms with Gasteiger partial charge in [-0.25, -0.2) is 0 Å². The third-order valence-corrected chi connectivity index (χ3v) is 4.13. The van der Waals surface area contributed by atoms with Crippen molar-refractivity contribution in [2.75, 3.05) is 22.1 Å². The van der Waals surface area contributed by atoms with Crippen molar-refractivity contribution < 1.29 is 19.1 Å². The Bertz CT molecular complexity index is 864. The van der Waals surface area contributed by atoms with E-state index in [0.29, 0.717) is 22.8 Å². The van der Waals surface area contributed by atoms with Crippen LogP contribution >= 0.6 is 0 Å². The lowest BCUT2D eigenvalue weighted by molar-refractivity contribution is -0.125. The van der Waals surface area contributed by atoms with Gasteiger partial charge in [0.1, 0.15) is 5.75 Å². The van der Waals surface area contributed by atoms with Crippen LogP contribution in [-0.4, -0.2) is 30.4 Å². The van der Waals surface area contributed by atoms with Crippen LogP contribution < -0.4 is 20.3 Å². The van der Waals surface area contributed by atoms with Crippen molar-refractivity contribution in [1.29, 1.82) is 0 Å². The topological polar surface area (TPSA) is 87.7 Å². The number of benzene rings is 2. The highest BCUT2D eigenvalue weighted by Crippen LogP contribution is 2.33. The molecule has 0 fully saturated rings. The van der Waals surface area contributed by atoms with E-state index in [1.54, 1.807) is 42.2 Å². The molecule has 1 aliphatic rings. The van der Waals surface area contributed by atoms with Gasteiger partial charge in [0, 0.05) is 31.3 Å². The molecule has 0 saturated heterocycles. The summed E-state index contributed by atoms with van der Waals surface area (Å²) in [5.74, 6) is 0.114. The molecule has 3 rings (SSSR count). The maximum absolute atomic E-state index is 12.4. The van der Waals surface area contributed by atoms with Gasteiger partial charge < -0.3 is 20.3 Å². The summed E-state index contributed by atoms with van der Waals surface area (Å²) in [4.78, 5) is 37.3. The van der Waals surface area contributed by atoms with Crippen molar-refractivity contribution in [2.45, 2.75) is 26.4 Å². The zero-order valence-electron chi connectivity index (χ0n) is 15.2. The van der Waals surface area contributed by atoms with Crippen LogP contribution in [0.25, 0.3) is 0 Å². The van der Waals surface area contributed by atoms with Crippen LogP contribution in [0.3, 0.4) is 0 Å². The van der Waals surface area contributed by atoms with Gasteiger partial charge >= 0.3 is 0 Å². The standard InChI is InChI=1S/C20H21N3O4/c1-13-20(26)23(17-5-3-4-6-18(17)27-13)12-11-19(25)22-16-9-7-15(8-10-16)21-14(2)24/h3-10,13H,11-12H2,1-2H3,(H,21,24)(H,22,25). The lowest BCUT2D eigenvalue weighted by Crippen LogP contribution is -2.45. The first kappa shape index (κ1) is 18.4. The van der Waals surface area contributed by atoms with E-state index in [1.165, 1.54) is 6.92 Å². The Morgan fingerprint density at radius 2 is 1.67 bits per heavy atom. The maximum Gasteiger partial charge on any atom is 0.267 e. The molecule has 0 aliphatic carbocycles. The number of nitrogens with one attached hydrogen (secondary N) is 2. The van der Waals surface area contributed by atoms with Gasteiger partial charge in [0.05, 0.1) is 5.69 Å². The van der Waals surface area contributed by atoms with Crippen LogP contribution in [0.4, 0.5) is 17.1 Å². The summed E-state index contributed by atoms with van der Waals surface area (Å²) in [7, 11) is 0. The van der Waals surface area contributed by atoms with Crippen molar-refractivity contribution in [3.05, 3.63) is 48.5 Å². The number of amides is 3. The van der Waals surface area contributed by atoms with Gasteiger partial charge in [-0.05, 0) is 43.3 Å². The molecule has 0 aromatic heterocycles. The molecule has 0 spiro atoms. The lowest BCUT2D eigenvalue weighted by atomic mass is 10.1. The average Bonchev–Trinajstić information content (AvgIpc) is 2.63. The number of para-hydroxylation sites is 2. The number of fused-ring (bicyclic) bond motifs is 1. The smallest absolute Gasteiger partial charge is 0.267 e. The highest BCUT2D eigenvalue weighted by atomic mass is 16.5. The zero-order chi connectivity index (χ0) is 19.4. The van der Waals surface area contributed by atoms with Gasteiger partial charge in [-0.3, -0.25) is 14.4 Å². The third-order valence-electron chi connectivity index (χ3n) is 4.13. The van der Waals surface area contributed by atoms with Crippen LogP contribution in [0, 0.1) is 0 Å². The molecule has 1 atom stereocenters. The quantitative estimate of drug-likeness (QED) is 0.851. The van der Waals surface area contributed by atoms with Gasteiger partial charge in [-0.2, -0.15) is 0 Å². The molecule has 27 heavy (non-hydrogen) atoms. The van der Waals surface area contributed by atoms with E-state index in [9.17, 15) is 14.4 Å². The molecule has 0 saturated carbocycles. The second kappa shape index (κ2) is 7.90. The van der Waals surface area contributed by atoms with Crippen molar-refractivity contribution in [3.63, 3.8) is 0 Å². The van der Waals surface area contributed by atoms with Crippen LogP contribution in [0.1, 0.15) is 20.3 Å². The van der Waals surface area contributed by atoms with Gasteiger partial charge in [0.2, 0.25) is 11.8 Å². The van der Waals surface area contributed by atoms with Crippen molar-refractivity contribution in [1.82, 2.24) is 0 Å². The van der Waals surface area contributed by atoms with E-state index in [1.807, 2.05) is 18.2 Å². The summed E-state index contributed by atoms with van der Waals surface area (Å²) in [5.41, 5.74) is 1.95. The molecule has 2 aromatic rings. The van der Waals surface area contributed by atoms with E-state index in [2.05, 4.69) is 10.6 Å². The van der Waals surface area contributed by atoms with Crippen LogP contribution in [0.2, 0.25) is 0 Å². The van der Waals surface area contributed by atoms with E-state index in [-0.39, 0.29) is 30.7 Å². The minimum atomic E-state index is -0.579. The second-order valence-corrected chi connectivity index (χ2v) is 6.27. The number of hydrogen-bond donors (Lipinski definition) is 2. The molecule has 0 radical (unpaired) electrons. The molecular formula is C20H21N3O4. The monoisotopic (exact) mass is 367 g/mol. The van der Waals surface area contributed by atoms with Crippen molar-refractivity contribution >= 4 is 34.8 Å². The van der Waals surface area contributed by atoms with E-state index in [0.717, 1.165) is 0 Å². The molecule has 1 heterocycles. The van der Waals surface area contributed by atoms with E-state index < -0.39 is 6.10 Å². The molecule has 1 aliphatic heterocycles. The predicted octanol–water partition coefficient (Wildman–Crippen LogP) is 2.79. The molecule has 7 nitrogen and oxygen atoms in total. The van der Waals surface area contributed by atoms with Crippen LogP contribution in [0.15, 0.2) is 48.5 Å². The number of carbonyl (C=O) groups excluding carboxylic acids is 3. The first-order chi connectivity index (χ1) is 12.9. The number of rotatable bonds is 5. The summed E-state index contributed by atoms with van der Waals surface area (Å²) in [6.07, 6.45) is -0.426.